The normalized spacial score (nSPS) is 14.9. The summed E-state index contributed by atoms with van der Waals surface area (Å²) in [4.78, 5) is 27.0. The van der Waals surface area contributed by atoms with Crippen molar-refractivity contribution < 1.29 is 14.3 Å². The van der Waals surface area contributed by atoms with Gasteiger partial charge in [-0.2, -0.15) is 0 Å². The lowest BCUT2D eigenvalue weighted by atomic mass is 9.96. The summed E-state index contributed by atoms with van der Waals surface area (Å²) in [5.41, 5.74) is 3.97. The number of amides is 2. The Bertz CT molecular complexity index is 872. The summed E-state index contributed by atoms with van der Waals surface area (Å²) in [6.45, 7) is 8.47. The topological polar surface area (TPSA) is 70.7 Å². The Balaban J connectivity index is 1.42. The van der Waals surface area contributed by atoms with Crippen LogP contribution in [0, 0.1) is 19.8 Å². The average molecular weight is 410 g/mol. The fraction of sp³-hybridized carbons (Fsp3) is 0.417. The van der Waals surface area contributed by atoms with E-state index in [4.69, 9.17) is 4.74 Å². The number of carbonyl (C=O) groups excluding carboxylic acids is 2. The van der Waals surface area contributed by atoms with Gasteiger partial charge in [0.1, 0.15) is 5.75 Å². The fourth-order valence-corrected chi connectivity index (χ4v) is 3.62. The van der Waals surface area contributed by atoms with Crippen LogP contribution in [0.4, 0.5) is 11.4 Å². The first-order valence-corrected chi connectivity index (χ1v) is 10.6. The molecule has 0 radical (unpaired) electrons. The molecular formula is C24H31N3O3. The number of nitrogens with zero attached hydrogens (tertiary/aromatic N) is 1. The summed E-state index contributed by atoms with van der Waals surface area (Å²) < 4.78 is 5.42. The maximum Gasteiger partial charge on any atom is 0.238 e. The van der Waals surface area contributed by atoms with E-state index in [-0.39, 0.29) is 17.7 Å². The van der Waals surface area contributed by atoms with Crippen LogP contribution in [-0.2, 0) is 9.59 Å². The second-order valence-electron chi connectivity index (χ2n) is 7.84. The van der Waals surface area contributed by atoms with Crippen LogP contribution < -0.4 is 15.4 Å². The molecular weight excluding hydrogens is 378 g/mol. The van der Waals surface area contributed by atoms with E-state index in [1.807, 2.05) is 56.3 Å². The highest BCUT2D eigenvalue weighted by molar-refractivity contribution is 5.93. The van der Waals surface area contributed by atoms with E-state index in [2.05, 4.69) is 22.5 Å². The van der Waals surface area contributed by atoms with Crippen molar-refractivity contribution in [1.29, 1.82) is 0 Å². The molecule has 6 heteroatoms. The molecule has 1 saturated heterocycles. The summed E-state index contributed by atoms with van der Waals surface area (Å²) in [5, 5.41) is 5.95. The number of hydrogen-bond donors (Lipinski definition) is 2. The molecule has 160 valence electrons. The van der Waals surface area contributed by atoms with Crippen LogP contribution in [0.1, 0.15) is 30.9 Å². The molecule has 3 rings (SSSR count). The van der Waals surface area contributed by atoms with Crippen molar-refractivity contribution in [2.45, 2.75) is 33.6 Å². The van der Waals surface area contributed by atoms with Gasteiger partial charge in [-0.05, 0) is 94.2 Å². The lowest BCUT2D eigenvalue weighted by Crippen LogP contribution is -2.41. The number of anilines is 2. The van der Waals surface area contributed by atoms with Crippen LogP contribution >= 0.6 is 0 Å². The van der Waals surface area contributed by atoms with Gasteiger partial charge in [0.2, 0.25) is 11.8 Å². The molecule has 2 amide bonds. The molecule has 0 unspecified atom stereocenters. The van der Waals surface area contributed by atoms with E-state index >= 15 is 0 Å². The van der Waals surface area contributed by atoms with Crippen molar-refractivity contribution in [1.82, 2.24) is 4.90 Å². The Morgan fingerprint density at radius 3 is 2.27 bits per heavy atom. The summed E-state index contributed by atoms with van der Waals surface area (Å²) >= 11 is 0. The van der Waals surface area contributed by atoms with Gasteiger partial charge in [-0.1, -0.05) is 6.07 Å². The molecule has 0 saturated carbocycles. The molecule has 2 aromatic rings. The standard InChI is InChI=1S/C24H31N3O3/c1-4-30-22-9-7-20(8-10-22)26-24(29)19-11-13-27(14-12-19)16-23(28)25-21-6-5-17(2)18(3)15-21/h5-10,15,19H,4,11-14,16H2,1-3H3,(H,25,28)(H,26,29). The summed E-state index contributed by atoms with van der Waals surface area (Å²) in [7, 11) is 0. The van der Waals surface area contributed by atoms with Crippen molar-refractivity contribution in [3.63, 3.8) is 0 Å². The van der Waals surface area contributed by atoms with Crippen LogP contribution in [0.25, 0.3) is 0 Å². The zero-order chi connectivity index (χ0) is 21.5. The van der Waals surface area contributed by atoms with Crippen LogP contribution in [0.2, 0.25) is 0 Å². The maximum absolute atomic E-state index is 12.6. The van der Waals surface area contributed by atoms with Crippen LogP contribution in [0.5, 0.6) is 5.75 Å². The highest BCUT2D eigenvalue weighted by Gasteiger charge is 2.26. The second kappa shape index (κ2) is 10.3. The van der Waals surface area contributed by atoms with Gasteiger partial charge in [-0.15, -0.1) is 0 Å². The number of piperidine rings is 1. The van der Waals surface area contributed by atoms with Crippen molar-refractivity contribution in [3.05, 3.63) is 53.6 Å². The summed E-state index contributed by atoms with van der Waals surface area (Å²) in [6.07, 6.45) is 1.50. The van der Waals surface area contributed by atoms with Crippen molar-refractivity contribution in [3.8, 4) is 5.75 Å². The Hall–Kier alpha value is -2.86. The minimum absolute atomic E-state index is 0.0180. The van der Waals surface area contributed by atoms with Gasteiger partial charge in [-0.3, -0.25) is 14.5 Å². The largest absolute Gasteiger partial charge is 0.494 e. The number of benzene rings is 2. The van der Waals surface area contributed by atoms with E-state index < -0.39 is 0 Å². The molecule has 1 fully saturated rings. The third kappa shape index (κ3) is 6.07. The zero-order valence-corrected chi connectivity index (χ0v) is 18.0. The van der Waals surface area contributed by atoms with Gasteiger partial charge >= 0.3 is 0 Å². The zero-order valence-electron chi connectivity index (χ0n) is 18.0. The van der Waals surface area contributed by atoms with Crippen LogP contribution in [0.3, 0.4) is 0 Å². The number of likely N-dealkylation sites (tertiary alicyclic amines) is 1. The molecule has 30 heavy (non-hydrogen) atoms. The van der Waals surface area contributed by atoms with Gasteiger partial charge < -0.3 is 15.4 Å². The van der Waals surface area contributed by atoms with Gasteiger partial charge in [0.15, 0.2) is 0 Å². The first kappa shape index (κ1) is 21.8. The van der Waals surface area contributed by atoms with Crippen molar-refractivity contribution in [2.24, 2.45) is 5.92 Å². The van der Waals surface area contributed by atoms with Gasteiger partial charge in [0, 0.05) is 17.3 Å². The van der Waals surface area contributed by atoms with E-state index in [0.717, 1.165) is 48.6 Å². The highest BCUT2D eigenvalue weighted by atomic mass is 16.5. The van der Waals surface area contributed by atoms with E-state index in [9.17, 15) is 9.59 Å². The molecule has 0 aromatic heterocycles. The highest BCUT2D eigenvalue weighted by Crippen LogP contribution is 2.21. The smallest absolute Gasteiger partial charge is 0.238 e. The van der Waals surface area contributed by atoms with E-state index in [1.165, 1.54) is 5.56 Å². The monoisotopic (exact) mass is 409 g/mol. The molecule has 0 aliphatic carbocycles. The lowest BCUT2D eigenvalue weighted by molar-refractivity contribution is -0.121. The van der Waals surface area contributed by atoms with Crippen molar-refractivity contribution in [2.75, 3.05) is 36.9 Å². The third-order valence-corrected chi connectivity index (χ3v) is 5.55. The van der Waals surface area contributed by atoms with Gasteiger partial charge in [0.05, 0.1) is 13.2 Å². The average Bonchev–Trinajstić information content (AvgIpc) is 2.73. The predicted octanol–water partition coefficient (Wildman–Crippen LogP) is 3.99. The third-order valence-electron chi connectivity index (χ3n) is 5.55. The van der Waals surface area contributed by atoms with Crippen LogP contribution in [0.15, 0.2) is 42.5 Å². The SMILES string of the molecule is CCOc1ccc(NC(=O)C2CCN(CC(=O)Nc3ccc(C)c(C)c3)CC2)cc1. The van der Waals surface area contributed by atoms with E-state index in [1.54, 1.807) is 0 Å². The number of carbonyl (C=O) groups is 2. The first-order chi connectivity index (χ1) is 14.4. The first-order valence-electron chi connectivity index (χ1n) is 10.6. The predicted molar refractivity (Wildman–Crippen MR) is 120 cm³/mol. The molecule has 1 aliphatic rings. The minimum atomic E-state index is -0.0318. The molecule has 0 atom stereocenters. The Kier molecular flexibility index (Phi) is 7.46. The summed E-state index contributed by atoms with van der Waals surface area (Å²) in [5.74, 6) is 0.785. The number of hydrogen-bond acceptors (Lipinski definition) is 4. The molecule has 2 aromatic carbocycles. The number of rotatable bonds is 7. The fourth-order valence-electron chi connectivity index (χ4n) is 3.62. The van der Waals surface area contributed by atoms with Gasteiger partial charge in [-0.25, -0.2) is 0 Å². The van der Waals surface area contributed by atoms with Gasteiger partial charge in [0.25, 0.3) is 0 Å². The molecule has 1 aliphatic heterocycles. The number of ether oxygens (including phenoxy) is 1. The Morgan fingerprint density at radius 2 is 1.63 bits per heavy atom. The lowest BCUT2D eigenvalue weighted by Gasteiger charge is -2.30. The van der Waals surface area contributed by atoms with Crippen LogP contribution in [-0.4, -0.2) is 43.0 Å². The quantitative estimate of drug-likeness (QED) is 0.725. The Morgan fingerprint density at radius 1 is 0.967 bits per heavy atom. The molecule has 6 nitrogen and oxygen atoms in total. The maximum atomic E-state index is 12.6. The summed E-state index contributed by atoms with van der Waals surface area (Å²) in [6, 6.07) is 13.4. The molecule has 2 N–H and O–H groups in total. The molecule has 0 spiro atoms. The minimum Gasteiger partial charge on any atom is -0.494 e. The second-order valence-corrected chi connectivity index (χ2v) is 7.84. The number of aryl methyl sites for hydroxylation is 2. The Labute approximate surface area is 178 Å². The van der Waals surface area contributed by atoms with E-state index in [0.29, 0.717) is 13.2 Å². The van der Waals surface area contributed by atoms with Crippen molar-refractivity contribution >= 4 is 23.2 Å². The molecule has 1 heterocycles. The molecule has 0 bridgehead atoms. The number of nitrogens with one attached hydrogen (secondary N) is 2.